The number of primary amides is 1. The molecule has 2 rings (SSSR count). The summed E-state index contributed by atoms with van der Waals surface area (Å²) in [6.45, 7) is 9.68. The van der Waals surface area contributed by atoms with Crippen molar-refractivity contribution in [1.82, 2.24) is 26.2 Å². The number of nitrogens with two attached hydrogens (primary N) is 1. The van der Waals surface area contributed by atoms with Crippen molar-refractivity contribution < 1.29 is 62.0 Å². The van der Waals surface area contributed by atoms with Crippen LogP contribution in [0.3, 0.4) is 0 Å². The van der Waals surface area contributed by atoms with E-state index in [-0.39, 0.29) is 95.6 Å². The number of imide groups is 1. The molecule has 0 bridgehead atoms. The number of carbonyl (C=O) groups is 8. The van der Waals surface area contributed by atoms with Crippen molar-refractivity contribution in [3.05, 3.63) is 42.0 Å². The molecule has 7 N–H and O–H groups in total. The molecule has 20 heteroatoms. The summed E-state index contributed by atoms with van der Waals surface area (Å²) in [4.78, 5) is 98.3. The first-order valence-electron chi connectivity index (χ1n) is 20.0. The summed E-state index contributed by atoms with van der Waals surface area (Å²) in [6.07, 6.45) is 2.82. The van der Waals surface area contributed by atoms with Crippen LogP contribution in [0.5, 0.6) is 0 Å². The molecule has 2 unspecified atom stereocenters. The van der Waals surface area contributed by atoms with E-state index in [2.05, 4.69) is 26.6 Å². The third kappa shape index (κ3) is 21.5. The fourth-order valence-corrected chi connectivity index (χ4v) is 5.21. The molecule has 0 spiro atoms. The molecular weight excluding hydrogens is 786 g/mol. The van der Waals surface area contributed by atoms with Crippen molar-refractivity contribution in [2.24, 2.45) is 17.6 Å². The number of anilines is 1. The van der Waals surface area contributed by atoms with E-state index in [0.717, 1.165) is 10.5 Å². The van der Waals surface area contributed by atoms with Crippen LogP contribution in [0.25, 0.3) is 0 Å². The molecule has 8 amide bonds. The molecule has 1 aromatic rings. The highest BCUT2D eigenvalue weighted by atomic mass is 16.6. The molecule has 1 heterocycles. The first-order valence-corrected chi connectivity index (χ1v) is 20.0. The van der Waals surface area contributed by atoms with Crippen LogP contribution in [0.1, 0.15) is 58.9 Å². The molecule has 334 valence electrons. The van der Waals surface area contributed by atoms with Crippen LogP contribution in [-0.2, 0) is 63.9 Å². The highest BCUT2D eigenvalue weighted by molar-refractivity contribution is 6.13. The van der Waals surface area contributed by atoms with Crippen molar-refractivity contribution in [2.75, 3.05) is 77.8 Å². The minimum Gasteiger partial charge on any atom is -0.461 e. The average molecular weight is 848 g/mol. The van der Waals surface area contributed by atoms with E-state index in [4.69, 9.17) is 29.4 Å². The quantitative estimate of drug-likeness (QED) is 0.0334. The zero-order valence-corrected chi connectivity index (χ0v) is 34.9. The zero-order valence-electron chi connectivity index (χ0n) is 34.9. The Balaban J connectivity index is 1.62. The van der Waals surface area contributed by atoms with Crippen molar-refractivity contribution in [3.63, 3.8) is 0 Å². The average Bonchev–Trinajstić information content (AvgIpc) is 3.53. The lowest BCUT2D eigenvalue weighted by Gasteiger charge is -2.25. The van der Waals surface area contributed by atoms with Crippen LogP contribution in [0.4, 0.5) is 10.5 Å². The van der Waals surface area contributed by atoms with Crippen molar-refractivity contribution in [1.29, 1.82) is 0 Å². The number of amides is 8. The molecular formula is C40H61N7O13. The number of hydrogen-bond donors (Lipinski definition) is 6. The third-order valence-electron chi connectivity index (χ3n) is 8.56. The van der Waals surface area contributed by atoms with Gasteiger partial charge in [-0.1, -0.05) is 39.8 Å². The molecule has 0 aliphatic carbocycles. The van der Waals surface area contributed by atoms with E-state index in [1.165, 1.54) is 12.2 Å². The zero-order chi connectivity index (χ0) is 44.3. The Morgan fingerprint density at radius 2 is 1.27 bits per heavy atom. The van der Waals surface area contributed by atoms with E-state index < -0.39 is 47.7 Å². The van der Waals surface area contributed by atoms with Gasteiger partial charge in [-0.25, -0.2) is 4.79 Å². The number of ether oxygens (including phenoxy) is 5. The van der Waals surface area contributed by atoms with Crippen LogP contribution in [0.15, 0.2) is 36.4 Å². The lowest BCUT2D eigenvalue weighted by Crippen LogP contribution is -2.54. The number of benzene rings is 1. The number of esters is 1. The molecule has 20 nitrogen and oxygen atoms in total. The van der Waals surface area contributed by atoms with E-state index >= 15 is 0 Å². The summed E-state index contributed by atoms with van der Waals surface area (Å²) in [5, 5.41) is 13.3. The molecule has 60 heavy (non-hydrogen) atoms. The monoisotopic (exact) mass is 847 g/mol. The summed E-state index contributed by atoms with van der Waals surface area (Å²) in [5.74, 6) is -3.53. The van der Waals surface area contributed by atoms with Gasteiger partial charge in [-0.3, -0.25) is 38.5 Å². The van der Waals surface area contributed by atoms with Gasteiger partial charge in [0.05, 0.1) is 58.8 Å². The molecule has 1 aliphatic rings. The molecule has 0 saturated heterocycles. The van der Waals surface area contributed by atoms with E-state index in [9.17, 15) is 38.4 Å². The largest absolute Gasteiger partial charge is 0.461 e. The fraction of sp³-hybridized carbons (Fsp3) is 0.600. The summed E-state index contributed by atoms with van der Waals surface area (Å²) in [7, 11) is 0. The molecule has 1 aromatic carbocycles. The Kier molecular flexibility index (Phi) is 24.4. The second-order valence-electron chi connectivity index (χ2n) is 14.2. The highest BCUT2D eigenvalue weighted by Gasteiger charge is 2.29. The first-order chi connectivity index (χ1) is 28.7. The Morgan fingerprint density at radius 3 is 1.83 bits per heavy atom. The number of nitrogens with one attached hydrogen (secondary N) is 5. The lowest BCUT2D eigenvalue weighted by molar-refractivity contribution is -0.148. The summed E-state index contributed by atoms with van der Waals surface area (Å²) in [5.41, 5.74) is 6.33. The topological polar surface area (TPSA) is 272 Å². The maximum Gasteiger partial charge on any atom is 0.312 e. The van der Waals surface area contributed by atoms with Gasteiger partial charge < -0.3 is 56.0 Å². The molecule has 0 fully saturated rings. The van der Waals surface area contributed by atoms with Gasteiger partial charge in [0.1, 0.15) is 18.7 Å². The van der Waals surface area contributed by atoms with E-state index in [1.54, 1.807) is 52.0 Å². The summed E-state index contributed by atoms with van der Waals surface area (Å²) >= 11 is 0. The van der Waals surface area contributed by atoms with Crippen molar-refractivity contribution >= 4 is 53.1 Å². The number of hydrogen-bond acceptors (Lipinski definition) is 13. The summed E-state index contributed by atoms with van der Waals surface area (Å²) in [6, 6.07) is 4.03. The van der Waals surface area contributed by atoms with Crippen LogP contribution >= 0.6 is 0 Å². The van der Waals surface area contributed by atoms with Crippen LogP contribution in [0.2, 0.25) is 0 Å². The van der Waals surface area contributed by atoms with Crippen molar-refractivity contribution in [2.45, 2.75) is 72.1 Å². The van der Waals surface area contributed by atoms with Gasteiger partial charge in [0.2, 0.25) is 23.6 Å². The molecule has 0 aromatic heterocycles. The fourth-order valence-electron chi connectivity index (χ4n) is 5.21. The number of nitrogens with zero attached hydrogens (tertiary/aromatic N) is 1. The second-order valence-corrected chi connectivity index (χ2v) is 14.2. The normalized spacial score (nSPS) is 13.3. The predicted molar refractivity (Wildman–Crippen MR) is 217 cm³/mol. The third-order valence-corrected chi connectivity index (χ3v) is 8.56. The number of rotatable bonds is 31. The van der Waals surface area contributed by atoms with Crippen molar-refractivity contribution in [3.8, 4) is 0 Å². The van der Waals surface area contributed by atoms with E-state index in [1.807, 2.05) is 0 Å². The summed E-state index contributed by atoms with van der Waals surface area (Å²) < 4.78 is 27.0. The van der Waals surface area contributed by atoms with Gasteiger partial charge in [0, 0.05) is 50.3 Å². The van der Waals surface area contributed by atoms with Gasteiger partial charge >= 0.3 is 12.0 Å². The Bertz CT molecular complexity index is 1570. The Morgan fingerprint density at radius 1 is 0.683 bits per heavy atom. The van der Waals surface area contributed by atoms with Gasteiger partial charge in [0.15, 0.2) is 0 Å². The van der Waals surface area contributed by atoms with Gasteiger partial charge in [-0.2, -0.15) is 0 Å². The minimum absolute atomic E-state index is 0.0105. The Labute approximate surface area is 350 Å². The van der Waals surface area contributed by atoms with Gasteiger partial charge in [-0.15, -0.1) is 0 Å². The van der Waals surface area contributed by atoms with E-state index in [0.29, 0.717) is 38.5 Å². The van der Waals surface area contributed by atoms with Crippen LogP contribution in [0, 0.1) is 11.8 Å². The minimum atomic E-state index is -1.01. The predicted octanol–water partition coefficient (Wildman–Crippen LogP) is 0.286. The van der Waals surface area contributed by atoms with Crippen LogP contribution < -0.4 is 32.3 Å². The molecule has 0 saturated carbocycles. The molecule has 1 aliphatic heterocycles. The highest BCUT2D eigenvalue weighted by Crippen LogP contribution is 2.13. The number of carbonyl (C=O) groups excluding carboxylic acids is 8. The second kappa shape index (κ2) is 28.9. The maximum atomic E-state index is 13.4. The first kappa shape index (κ1) is 50.7. The smallest absolute Gasteiger partial charge is 0.312 e. The standard InChI is InChI=1S/C40H61N7O13/c1-27(2)36(38(53)45-31(6-5-15-43-40(41)55)37(52)44-30-9-7-29(8-10-30)26-60-39(54)28(3)4)46-33(49)14-18-56-20-22-58-24-25-59-23-21-57-19-16-42-32(48)13-17-47-34(50)11-12-35(47)51/h7-12,27-28,31,36H,5-6,13-26H2,1-4H3,(H,42,48)(H,44,52)(H,45,53)(H,46,49)(H3,41,43,55). The Hall–Kier alpha value is -5.44. The molecule has 0 radical (unpaired) electrons. The molecule has 2 atom stereocenters. The maximum absolute atomic E-state index is 13.4. The van der Waals surface area contributed by atoms with Gasteiger partial charge in [0.25, 0.3) is 11.8 Å². The van der Waals surface area contributed by atoms with Gasteiger partial charge in [-0.05, 0) is 36.5 Å². The lowest BCUT2D eigenvalue weighted by atomic mass is 10.0. The number of urea groups is 1. The SMILES string of the molecule is CC(C)C(=O)OCc1ccc(NC(=O)C(CCCNC(N)=O)NC(=O)C(NC(=O)CCOCCOCCOCCOCCNC(=O)CCN2C(=O)C=CC2=O)C(C)C)cc1. The van der Waals surface area contributed by atoms with Crippen LogP contribution in [-0.4, -0.2) is 137 Å².